The molecule has 1 N–H and O–H groups in total. The van der Waals surface area contributed by atoms with Gasteiger partial charge in [0, 0.05) is 30.2 Å². The first-order chi connectivity index (χ1) is 7.04. The van der Waals surface area contributed by atoms with Crippen molar-refractivity contribution in [1.29, 1.82) is 5.41 Å². The van der Waals surface area contributed by atoms with Crippen molar-refractivity contribution >= 4 is 27.9 Å². The van der Waals surface area contributed by atoms with Gasteiger partial charge in [-0.05, 0) is 26.0 Å². The first-order valence-electron chi connectivity index (χ1n) is 4.65. The largest absolute Gasteiger partial charge is 0.303 e. The zero-order chi connectivity index (χ0) is 11.4. The summed E-state index contributed by atoms with van der Waals surface area (Å²) in [6.45, 7) is 3.86. The summed E-state index contributed by atoms with van der Waals surface area (Å²) < 4.78 is 0. The highest BCUT2D eigenvalue weighted by atomic mass is 79.9. The Bertz CT molecular complexity index is 379. The minimum atomic E-state index is -0.135. The fraction of sp³-hybridized carbons (Fsp3) is 0.364. The van der Waals surface area contributed by atoms with Gasteiger partial charge in [-0.2, -0.15) is 0 Å². The van der Waals surface area contributed by atoms with E-state index >= 15 is 0 Å². The highest BCUT2D eigenvalue weighted by molar-refractivity contribution is 9.10. The first-order valence-corrected chi connectivity index (χ1v) is 5.56. The maximum Gasteiger partial charge on any atom is 0.0913 e. The fourth-order valence-electron chi connectivity index (χ4n) is 1.35. The summed E-state index contributed by atoms with van der Waals surface area (Å²) in [5, 5.41) is 7.97. The van der Waals surface area contributed by atoms with Crippen molar-refractivity contribution in [2.24, 2.45) is 4.99 Å². The Morgan fingerprint density at radius 2 is 2.00 bits per heavy atom. The monoisotopic (exact) mass is 267 g/mol. The molecule has 0 bridgehead atoms. The zero-order valence-electron chi connectivity index (χ0n) is 9.08. The molecule has 0 radical (unpaired) electrons. The van der Waals surface area contributed by atoms with Crippen LogP contribution in [0, 0.1) is 19.3 Å². The Balaban J connectivity index is 3.00. The van der Waals surface area contributed by atoms with Crippen LogP contribution in [0.4, 0.5) is 0 Å². The molecule has 0 aromatic carbocycles. The molecule has 1 atom stereocenters. The molecule has 1 heterocycles. The number of hydrogen-bond donors (Lipinski definition) is 1. The lowest BCUT2D eigenvalue weighted by atomic mass is 10.1. The molecule has 0 aliphatic rings. The van der Waals surface area contributed by atoms with E-state index in [1.54, 1.807) is 13.3 Å². The van der Waals surface area contributed by atoms with E-state index in [-0.39, 0.29) is 4.83 Å². The Labute approximate surface area is 98.3 Å². The van der Waals surface area contributed by atoms with Crippen LogP contribution >= 0.6 is 15.9 Å². The van der Waals surface area contributed by atoms with Crippen molar-refractivity contribution in [3.8, 4) is 0 Å². The molecule has 0 fully saturated rings. The molecular weight excluding hydrogens is 254 g/mol. The molecule has 0 saturated carbocycles. The topological polar surface area (TPSA) is 49.1 Å². The van der Waals surface area contributed by atoms with Crippen LogP contribution in [0.2, 0.25) is 0 Å². The number of aliphatic imine (C=N–C) groups is 1. The van der Waals surface area contributed by atoms with Crippen LogP contribution in [0.1, 0.15) is 17.0 Å². The third-order valence-electron chi connectivity index (χ3n) is 1.95. The standard InChI is InChI=1S/C11H14BrN3/c1-7-4-9(5-8(2)15-7)11(13)10(12)6-14-3/h4-6,10,13H,1-3H3. The smallest absolute Gasteiger partial charge is 0.0913 e. The van der Waals surface area contributed by atoms with Gasteiger partial charge in [0.15, 0.2) is 0 Å². The van der Waals surface area contributed by atoms with Crippen molar-refractivity contribution in [1.82, 2.24) is 4.98 Å². The van der Waals surface area contributed by atoms with Crippen LogP contribution in [0.25, 0.3) is 0 Å². The lowest BCUT2D eigenvalue weighted by Gasteiger charge is -2.08. The van der Waals surface area contributed by atoms with Crippen LogP contribution < -0.4 is 0 Å². The SMILES string of the molecule is CN=CC(Br)C(=N)c1cc(C)nc(C)c1. The average Bonchev–Trinajstić information content (AvgIpc) is 2.15. The van der Waals surface area contributed by atoms with E-state index in [0.717, 1.165) is 17.0 Å². The van der Waals surface area contributed by atoms with E-state index in [4.69, 9.17) is 5.41 Å². The third-order valence-corrected chi connectivity index (χ3v) is 2.64. The van der Waals surface area contributed by atoms with Gasteiger partial charge in [-0.1, -0.05) is 15.9 Å². The van der Waals surface area contributed by atoms with E-state index in [0.29, 0.717) is 5.71 Å². The van der Waals surface area contributed by atoms with Gasteiger partial charge in [0.05, 0.1) is 10.5 Å². The first kappa shape index (κ1) is 12.0. The highest BCUT2D eigenvalue weighted by Gasteiger charge is 2.11. The number of rotatable bonds is 3. The maximum absolute atomic E-state index is 7.97. The van der Waals surface area contributed by atoms with Gasteiger partial charge in [0.25, 0.3) is 0 Å². The Hall–Kier alpha value is -1.03. The zero-order valence-corrected chi connectivity index (χ0v) is 10.7. The van der Waals surface area contributed by atoms with Crippen molar-refractivity contribution < 1.29 is 0 Å². The van der Waals surface area contributed by atoms with Crippen LogP contribution in [0.3, 0.4) is 0 Å². The van der Waals surface area contributed by atoms with Gasteiger partial charge in [-0.25, -0.2) is 0 Å². The van der Waals surface area contributed by atoms with Gasteiger partial charge in [0.2, 0.25) is 0 Å². The number of nitrogens with one attached hydrogen (secondary N) is 1. The number of nitrogens with zero attached hydrogens (tertiary/aromatic N) is 2. The summed E-state index contributed by atoms with van der Waals surface area (Å²) in [6, 6.07) is 3.82. The minimum absolute atomic E-state index is 0.135. The van der Waals surface area contributed by atoms with Gasteiger partial charge in [0.1, 0.15) is 0 Å². The molecule has 1 unspecified atom stereocenters. The second-order valence-electron chi connectivity index (χ2n) is 3.36. The van der Waals surface area contributed by atoms with Crippen molar-refractivity contribution in [2.45, 2.75) is 18.7 Å². The second kappa shape index (κ2) is 5.16. The Morgan fingerprint density at radius 1 is 1.47 bits per heavy atom. The van der Waals surface area contributed by atoms with Crippen molar-refractivity contribution in [3.63, 3.8) is 0 Å². The van der Waals surface area contributed by atoms with Gasteiger partial charge in [-0.3, -0.25) is 9.98 Å². The van der Waals surface area contributed by atoms with Gasteiger partial charge < -0.3 is 5.41 Å². The summed E-state index contributed by atoms with van der Waals surface area (Å²) >= 11 is 3.40. The fourth-order valence-corrected chi connectivity index (χ4v) is 1.86. The van der Waals surface area contributed by atoms with E-state index in [1.807, 2.05) is 26.0 Å². The predicted octanol–water partition coefficient (Wildman–Crippen LogP) is 2.53. The number of aryl methyl sites for hydroxylation is 2. The molecular formula is C11H14BrN3. The summed E-state index contributed by atoms with van der Waals surface area (Å²) in [4.78, 5) is 8.04. The third kappa shape index (κ3) is 3.23. The molecule has 1 aromatic heterocycles. The van der Waals surface area contributed by atoms with Crippen molar-refractivity contribution in [2.75, 3.05) is 7.05 Å². The van der Waals surface area contributed by atoms with Crippen LogP contribution in [-0.2, 0) is 0 Å². The number of hydrogen-bond acceptors (Lipinski definition) is 3. The molecule has 1 aromatic rings. The van der Waals surface area contributed by atoms with Crippen LogP contribution in [-0.4, -0.2) is 28.8 Å². The maximum atomic E-state index is 7.97. The lowest BCUT2D eigenvalue weighted by molar-refractivity contribution is 1.12. The van der Waals surface area contributed by atoms with E-state index in [2.05, 4.69) is 25.9 Å². The molecule has 0 saturated heterocycles. The van der Waals surface area contributed by atoms with Crippen LogP contribution in [0.15, 0.2) is 17.1 Å². The molecule has 0 aliphatic carbocycles. The number of alkyl halides is 1. The van der Waals surface area contributed by atoms with Gasteiger partial charge >= 0.3 is 0 Å². The van der Waals surface area contributed by atoms with Crippen molar-refractivity contribution in [3.05, 3.63) is 29.1 Å². The predicted molar refractivity (Wildman–Crippen MR) is 67.7 cm³/mol. The molecule has 3 nitrogen and oxygen atoms in total. The number of aromatic nitrogens is 1. The molecule has 0 aliphatic heterocycles. The second-order valence-corrected chi connectivity index (χ2v) is 4.35. The summed E-state index contributed by atoms with van der Waals surface area (Å²) in [5.74, 6) is 0. The average molecular weight is 268 g/mol. The molecule has 0 amide bonds. The molecule has 0 spiro atoms. The highest BCUT2D eigenvalue weighted by Crippen LogP contribution is 2.11. The van der Waals surface area contributed by atoms with E-state index in [1.165, 1.54) is 0 Å². The normalized spacial score (nSPS) is 13.1. The minimum Gasteiger partial charge on any atom is -0.303 e. The summed E-state index contributed by atoms with van der Waals surface area (Å²) in [5.41, 5.74) is 3.27. The van der Waals surface area contributed by atoms with E-state index < -0.39 is 0 Å². The number of pyridine rings is 1. The van der Waals surface area contributed by atoms with Crippen LogP contribution in [0.5, 0.6) is 0 Å². The molecule has 4 heteroatoms. The lowest BCUT2D eigenvalue weighted by Crippen LogP contribution is -2.16. The molecule has 1 rings (SSSR count). The Morgan fingerprint density at radius 3 is 2.47 bits per heavy atom. The number of halogens is 1. The molecule has 80 valence electrons. The molecule has 15 heavy (non-hydrogen) atoms. The summed E-state index contributed by atoms with van der Waals surface area (Å²) in [6.07, 6.45) is 1.70. The quantitative estimate of drug-likeness (QED) is 0.664. The Kier molecular flexibility index (Phi) is 4.15. The van der Waals surface area contributed by atoms with E-state index in [9.17, 15) is 0 Å². The van der Waals surface area contributed by atoms with Gasteiger partial charge in [-0.15, -0.1) is 0 Å². The summed E-state index contributed by atoms with van der Waals surface area (Å²) in [7, 11) is 1.70.